The third-order valence-corrected chi connectivity index (χ3v) is 3.00. The molecular formula is C14H19N. The molecule has 1 aromatic carbocycles. The molecule has 2 rings (SSSR count). The van der Waals surface area contributed by atoms with Crippen LogP contribution in [0.4, 0.5) is 0 Å². The summed E-state index contributed by atoms with van der Waals surface area (Å²) in [6.07, 6.45) is 5.85. The van der Waals surface area contributed by atoms with Crippen molar-refractivity contribution in [2.45, 2.75) is 39.7 Å². The normalized spacial score (nSPS) is 11.1. The summed E-state index contributed by atoms with van der Waals surface area (Å²) < 4.78 is 2.36. The van der Waals surface area contributed by atoms with E-state index < -0.39 is 0 Å². The fourth-order valence-electron chi connectivity index (χ4n) is 1.99. The summed E-state index contributed by atoms with van der Waals surface area (Å²) in [7, 11) is 0. The Balaban J connectivity index is 2.34. The summed E-state index contributed by atoms with van der Waals surface area (Å²) in [5.41, 5.74) is 2.80. The van der Waals surface area contributed by atoms with Gasteiger partial charge < -0.3 is 4.57 Å². The summed E-state index contributed by atoms with van der Waals surface area (Å²) in [6, 6.07) is 9.02. The lowest BCUT2D eigenvalue weighted by Gasteiger charge is -2.04. The topological polar surface area (TPSA) is 4.93 Å². The molecule has 0 unspecified atom stereocenters. The molecule has 15 heavy (non-hydrogen) atoms. The molecule has 0 aliphatic carbocycles. The number of hydrogen-bond donors (Lipinski definition) is 0. The van der Waals surface area contributed by atoms with E-state index in [1.165, 1.54) is 29.3 Å². The van der Waals surface area contributed by atoms with Gasteiger partial charge in [0.15, 0.2) is 0 Å². The van der Waals surface area contributed by atoms with Crippen molar-refractivity contribution in [1.29, 1.82) is 0 Å². The molecule has 1 nitrogen and oxygen atoms in total. The van der Waals surface area contributed by atoms with Crippen molar-refractivity contribution in [3.05, 3.63) is 36.0 Å². The summed E-state index contributed by atoms with van der Waals surface area (Å²) in [5, 5.41) is 1.38. The van der Waals surface area contributed by atoms with Gasteiger partial charge in [-0.2, -0.15) is 0 Å². The number of aromatic nitrogens is 1. The molecule has 1 heteroatoms. The molecule has 0 saturated carbocycles. The van der Waals surface area contributed by atoms with Gasteiger partial charge in [0, 0.05) is 18.3 Å². The second kappa shape index (κ2) is 4.52. The minimum absolute atomic E-state index is 1.12. The molecule has 0 amide bonds. The maximum Gasteiger partial charge on any atom is 0.0480 e. The van der Waals surface area contributed by atoms with Gasteiger partial charge in [-0.3, -0.25) is 0 Å². The zero-order valence-corrected chi connectivity index (χ0v) is 9.66. The Morgan fingerprint density at radius 3 is 2.73 bits per heavy atom. The monoisotopic (exact) mass is 201 g/mol. The molecular weight excluding hydrogens is 182 g/mol. The maximum absolute atomic E-state index is 2.36. The van der Waals surface area contributed by atoms with Crippen molar-refractivity contribution in [2.75, 3.05) is 0 Å². The zero-order chi connectivity index (χ0) is 10.7. The Labute approximate surface area is 91.7 Å². The largest absolute Gasteiger partial charge is 0.347 e. The first-order valence-corrected chi connectivity index (χ1v) is 5.93. The smallest absolute Gasteiger partial charge is 0.0480 e. The first-order valence-electron chi connectivity index (χ1n) is 5.93. The minimum atomic E-state index is 1.12. The van der Waals surface area contributed by atoms with Gasteiger partial charge in [-0.1, -0.05) is 26.3 Å². The van der Waals surface area contributed by atoms with Crippen LogP contribution in [0.1, 0.15) is 32.3 Å². The Bertz CT molecular complexity index is 440. The first kappa shape index (κ1) is 10.3. The second-order valence-corrected chi connectivity index (χ2v) is 4.11. The Kier molecular flexibility index (Phi) is 3.10. The van der Waals surface area contributed by atoms with Gasteiger partial charge in [0.25, 0.3) is 0 Å². The van der Waals surface area contributed by atoms with E-state index in [-0.39, 0.29) is 0 Å². The van der Waals surface area contributed by atoms with Crippen LogP contribution in [-0.2, 0) is 13.0 Å². The van der Waals surface area contributed by atoms with Crippen molar-refractivity contribution < 1.29 is 0 Å². The van der Waals surface area contributed by atoms with Crippen molar-refractivity contribution in [3.63, 3.8) is 0 Å². The van der Waals surface area contributed by atoms with Gasteiger partial charge in [-0.25, -0.2) is 0 Å². The van der Waals surface area contributed by atoms with E-state index in [4.69, 9.17) is 0 Å². The van der Waals surface area contributed by atoms with Crippen molar-refractivity contribution in [2.24, 2.45) is 0 Å². The van der Waals surface area contributed by atoms with Crippen molar-refractivity contribution in [3.8, 4) is 0 Å². The molecule has 0 radical (unpaired) electrons. The molecule has 2 aromatic rings. The van der Waals surface area contributed by atoms with Crippen LogP contribution < -0.4 is 0 Å². The molecule has 0 spiro atoms. The Morgan fingerprint density at radius 2 is 2.00 bits per heavy atom. The van der Waals surface area contributed by atoms with Gasteiger partial charge >= 0.3 is 0 Å². The molecule has 0 bridgehead atoms. The third kappa shape index (κ3) is 2.06. The zero-order valence-electron chi connectivity index (χ0n) is 9.66. The van der Waals surface area contributed by atoms with Crippen LogP contribution in [0.5, 0.6) is 0 Å². The fourth-order valence-corrected chi connectivity index (χ4v) is 1.99. The van der Waals surface area contributed by atoms with E-state index in [9.17, 15) is 0 Å². The van der Waals surface area contributed by atoms with Gasteiger partial charge in [-0.15, -0.1) is 0 Å². The number of aryl methyl sites for hydroxylation is 2. The lowest BCUT2D eigenvalue weighted by atomic mass is 10.1. The van der Waals surface area contributed by atoms with Crippen molar-refractivity contribution >= 4 is 10.9 Å². The van der Waals surface area contributed by atoms with E-state index >= 15 is 0 Å². The van der Waals surface area contributed by atoms with E-state index in [1.54, 1.807) is 0 Å². The lowest BCUT2D eigenvalue weighted by Crippen LogP contribution is -1.94. The number of benzene rings is 1. The molecule has 80 valence electrons. The van der Waals surface area contributed by atoms with Crippen LogP contribution >= 0.6 is 0 Å². The van der Waals surface area contributed by atoms with Crippen LogP contribution in [0, 0.1) is 0 Å². The third-order valence-electron chi connectivity index (χ3n) is 3.00. The predicted octanol–water partition coefficient (Wildman–Crippen LogP) is 4.00. The fraction of sp³-hybridized carbons (Fsp3) is 0.429. The standard InChI is InChI=1S/C14H19N/c1-3-5-9-15-10-8-13-11-12(4-2)6-7-14(13)15/h6-8,10-11H,3-5,9H2,1-2H3. The van der Waals surface area contributed by atoms with E-state index in [0.717, 1.165) is 13.0 Å². The number of rotatable bonds is 4. The number of nitrogens with zero attached hydrogens (tertiary/aromatic N) is 1. The minimum Gasteiger partial charge on any atom is -0.347 e. The molecule has 1 heterocycles. The highest BCUT2D eigenvalue weighted by Gasteiger charge is 2.00. The van der Waals surface area contributed by atoms with Crippen LogP contribution in [0.3, 0.4) is 0 Å². The highest BCUT2D eigenvalue weighted by molar-refractivity contribution is 5.80. The Hall–Kier alpha value is -1.24. The van der Waals surface area contributed by atoms with Crippen LogP contribution in [0.15, 0.2) is 30.5 Å². The van der Waals surface area contributed by atoms with Gasteiger partial charge in [0.2, 0.25) is 0 Å². The first-order chi connectivity index (χ1) is 7.35. The van der Waals surface area contributed by atoms with E-state index in [0.29, 0.717) is 0 Å². The van der Waals surface area contributed by atoms with Crippen LogP contribution in [0.2, 0.25) is 0 Å². The maximum atomic E-state index is 2.36. The molecule has 0 aliphatic rings. The van der Waals surface area contributed by atoms with Gasteiger partial charge in [-0.05, 0) is 42.0 Å². The Morgan fingerprint density at radius 1 is 1.13 bits per heavy atom. The summed E-state index contributed by atoms with van der Waals surface area (Å²) in [5.74, 6) is 0. The lowest BCUT2D eigenvalue weighted by molar-refractivity contribution is 0.650. The molecule has 0 fully saturated rings. The average molecular weight is 201 g/mol. The molecule has 0 atom stereocenters. The number of hydrogen-bond acceptors (Lipinski definition) is 0. The van der Waals surface area contributed by atoms with E-state index in [1.807, 2.05) is 0 Å². The van der Waals surface area contributed by atoms with E-state index in [2.05, 4.69) is 48.9 Å². The summed E-state index contributed by atoms with van der Waals surface area (Å²) >= 11 is 0. The summed E-state index contributed by atoms with van der Waals surface area (Å²) in [4.78, 5) is 0. The van der Waals surface area contributed by atoms with Crippen molar-refractivity contribution in [1.82, 2.24) is 4.57 Å². The van der Waals surface area contributed by atoms with Crippen LogP contribution in [0.25, 0.3) is 10.9 Å². The van der Waals surface area contributed by atoms with Crippen LogP contribution in [-0.4, -0.2) is 4.57 Å². The highest BCUT2D eigenvalue weighted by atomic mass is 14.9. The molecule has 0 saturated heterocycles. The number of fused-ring (bicyclic) bond motifs is 1. The molecule has 0 aliphatic heterocycles. The highest BCUT2D eigenvalue weighted by Crippen LogP contribution is 2.18. The van der Waals surface area contributed by atoms with Gasteiger partial charge in [0.05, 0.1) is 0 Å². The average Bonchev–Trinajstić information content (AvgIpc) is 2.68. The van der Waals surface area contributed by atoms with Gasteiger partial charge in [0.1, 0.15) is 0 Å². The predicted molar refractivity (Wildman–Crippen MR) is 66.2 cm³/mol. The molecule has 1 aromatic heterocycles. The molecule has 0 N–H and O–H groups in total. The number of unbranched alkanes of at least 4 members (excludes halogenated alkanes) is 1. The quantitative estimate of drug-likeness (QED) is 0.704. The second-order valence-electron chi connectivity index (χ2n) is 4.11. The summed E-state index contributed by atoms with van der Waals surface area (Å²) in [6.45, 7) is 5.58. The SMILES string of the molecule is CCCCn1ccc2cc(CC)ccc21.